The Morgan fingerprint density at radius 1 is 1.44 bits per heavy atom. The van der Waals surface area contributed by atoms with Crippen LogP contribution in [0.5, 0.6) is 0 Å². The van der Waals surface area contributed by atoms with E-state index < -0.39 is 5.54 Å². The SMILES string of the molecule is CCC(CCl)(CCl)NC(=O)c1cscc1C. The molecule has 0 saturated heterocycles. The summed E-state index contributed by atoms with van der Waals surface area (Å²) in [5.74, 6) is 0.547. The van der Waals surface area contributed by atoms with Gasteiger partial charge < -0.3 is 5.32 Å². The number of nitrogens with one attached hydrogen (secondary N) is 1. The van der Waals surface area contributed by atoms with Crippen molar-refractivity contribution in [1.29, 1.82) is 0 Å². The lowest BCUT2D eigenvalue weighted by atomic mass is 10.0. The normalized spacial score (nSPS) is 11.5. The first-order valence-corrected chi connectivity index (χ1v) is 7.07. The molecule has 0 aliphatic rings. The number of halogens is 2. The third-order valence-electron chi connectivity index (χ3n) is 2.67. The van der Waals surface area contributed by atoms with Crippen molar-refractivity contribution in [3.63, 3.8) is 0 Å². The summed E-state index contributed by atoms with van der Waals surface area (Å²) in [6.45, 7) is 3.88. The van der Waals surface area contributed by atoms with Crippen molar-refractivity contribution in [2.24, 2.45) is 0 Å². The Kier molecular flexibility index (Phi) is 5.09. The molecule has 0 spiro atoms. The molecule has 90 valence electrons. The highest BCUT2D eigenvalue weighted by Gasteiger charge is 2.29. The summed E-state index contributed by atoms with van der Waals surface area (Å²) in [7, 11) is 0. The van der Waals surface area contributed by atoms with Crippen molar-refractivity contribution in [1.82, 2.24) is 5.32 Å². The number of amides is 1. The van der Waals surface area contributed by atoms with E-state index in [0.717, 1.165) is 12.0 Å². The summed E-state index contributed by atoms with van der Waals surface area (Å²) in [4.78, 5) is 12.0. The first-order chi connectivity index (χ1) is 7.58. The Morgan fingerprint density at radius 3 is 2.44 bits per heavy atom. The molecule has 1 rings (SSSR count). The van der Waals surface area contributed by atoms with Crippen molar-refractivity contribution in [2.75, 3.05) is 11.8 Å². The van der Waals surface area contributed by atoms with Gasteiger partial charge in [0.15, 0.2) is 0 Å². The number of hydrogen-bond acceptors (Lipinski definition) is 2. The topological polar surface area (TPSA) is 29.1 Å². The third kappa shape index (κ3) is 2.90. The Balaban J connectivity index is 2.81. The van der Waals surface area contributed by atoms with Crippen LogP contribution in [0.3, 0.4) is 0 Å². The minimum absolute atomic E-state index is 0.0955. The minimum atomic E-state index is -0.505. The molecule has 16 heavy (non-hydrogen) atoms. The summed E-state index contributed by atoms with van der Waals surface area (Å²) >= 11 is 13.3. The van der Waals surface area contributed by atoms with Crippen molar-refractivity contribution < 1.29 is 4.79 Å². The van der Waals surface area contributed by atoms with Gasteiger partial charge in [-0.25, -0.2) is 0 Å². The lowest BCUT2D eigenvalue weighted by Gasteiger charge is -2.29. The van der Waals surface area contributed by atoms with Crippen LogP contribution in [0, 0.1) is 6.92 Å². The second-order valence-corrected chi connectivity index (χ2v) is 5.10. The molecule has 0 atom stereocenters. The maximum Gasteiger partial charge on any atom is 0.252 e. The smallest absolute Gasteiger partial charge is 0.252 e. The number of alkyl halides is 2. The molecule has 0 bridgehead atoms. The predicted molar refractivity (Wildman–Crippen MR) is 71.0 cm³/mol. The fraction of sp³-hybridized carbons (Fsp3) is 0.545. The number of aryl methyl sites for hydroxylation is 1. The summed E-state index contributed by atoms with van der Waals surface area (Å²) in [6, 6.07) is 0. The van der Waals surface area contributed by atoms with Gasteiger partial charge in [-0.05, 0) is 24.3 Å². The second kappa shape index (κ2) is 5.89. The van der Waals surface area contributed by atoms with Crippen LogP contribution in [-0.4, -0.2) is 23.2 Å². The molecule has 0 radical (unpaired) electrons. The second-order valence-electron chi connectivity index (χ2n) is 3.82. The average Bonchev–Trinajstić information content (AvgIpc) is 2.72. The minimum Gasteiger partial charge on any atom is -0.344 e. The maximum absolute atomic E-state index is 12.0. The van der Waals surface area contributed by atoms with E-state index in [-0.39, 0.29) is 5.91 Å². The van der Waals surface area contributed by atoms with Gasteiger partial charge in [-0.1, -0.05) is 6.92 Å². The van der Waals surface area contributed by atoms with Gasteiger partial charge in [0.05, 0.1) is 11.1 Å². The Hall–Kier alpha value is -0.250. The standard InChI is InChI=1S/C11H15Cl2NOS/c1-3-11(6-12,7-13)14-10(15)9-5-16-4-8(9)2/h4-5H,3,6-7H2,1-2H3,(H,14,15). The number of thiophene rings is 1. The van der Waals surface area contributed by atoms with Gasteiger partial charge in [0.2, 0.25) is 0 Å². The molecular formula is C11H15Cl2NOS. The molecule has 0 saturated carbocycles. The molecule has 1 N–H and O–H groups in total. The Labute approximate surface area is 110 Å². The molecule has 0 unspecified atom stereocenters. The highest BCUT2D eigenvalue weighted by Crippen LogP contribution is 2.18. The van der Waals surface area contributed by atoms with E-state index in [1.54, 1.807) is 0 Å². The molecule has 0 aliphatic heterocycles. The average molecular weight is 280 g/mol. The summed E-state index contributed by atoms with van der Waals surface area (Å²) in [5, 5.41) is 6.72. The summed E-state index contributed by atoms with van der Waals surface area (Å²) < 4.78 is 0. The zero-order valence-corrected chi connectivity index (χ0v) is 11.7. The van der Waals surface area contributed by atoms with E-state index in [0.29, 0.717) is 17.3 Å². The number of rotatable bonds is 5. The van der Waals surface area contributed by atoms with Crippen LogP contribution in [0.25, 0.3) is 0 Å². The Morgan fingerprint density at radius 2 is 2.06 bits per heavy atom. The monoisotopic (exact) mass is 279 g/mol. The van der Waals surface area contributed by atoms with Crippen LogP contribution in [0.1, 0.15) is 29.3 Å². The highest BCUT2D eigenvalue weighted by molar-refractivity contribution is 7.08. The zero-order chi connectivity index (χ0) is 12.2. The van der Waals surface area contributed by atoms with Crippen LogP contribution in [0.4, 0.5) is 0 Å². The summed E-state index contributed by atoms with van der Waals surface area (Å²) in [5.41, 5.74) is 1.18. The quantitative estimate of drug-likeness (QED) is 0.823. The molecule has 1 aromatic rings. The van der Waals surface area contributed by atoms with Gasteiger partial charge in [0.1, 0.15) is 0 Å². The first-order valence-electron chi connectivity index (χ1n) is 5.06. The lowest BCUT2D eigenvalue weighted by Crippen LogP contribution is -2.51. The van der Waals surface area contributed by atoms with Gasteiger partial charge in [-0.15, -0.1) is 23.2 Å². The largest absolute Gasteiger partial charge is 0.344 e. The van der Waals surface area contributed by atoms with E-state index in [9.17, 15) is 4.79 Å². The van der Waals surface area contributed by atoms with Crippen LogP contribution in [-0.2, 0) is 0 Å². The van der Waals surface area contributed by atoms with Gasteiger partial charge in [0, 0.05) is 17.1 Å². The maximum atomic E-state index is 12.0. The van der Waals surface area contributed by atoms with E-state index >= 15 is 0 Å². The van der Waals surface area contributed by atoms with Crippen LogP contribution in [0.2, 0.25) is 0 Å². The van der Waals surface area contributed by atoms with Crippen molar-refractivity contribution in [3.8, 4) is 0 Å². The van der Waals surface area contributed by atoms with E-state index in [2.05, 4.69) is 5.32 Å². The van der Waals surface area contributed by atoms with E-state index in [1.807, 2.05) is 24.6 Å². The predicted octanol–water partition coefficient (Wildman–Crippen LogP) is 3.41. The summed E-state index contributed by atoms with van der Waals surface area (Å²) in [6.07, 6.45) is 0.717. The highest BCUT2D eigenvalue weighted by atomic mass is 35.5. The number of hydrogen-bond donors (Lipinski definition) is 1. The van der Waals surface area contributed by atoms with Crippen LogP contribution in [0.15, 0.2) is 10.8 Å². The fourth-order valence-corrected chi connectivity index (χ4v) is 2.91. The van der Waals surface area contributed by atoms with Crippen molar-refractivity contribution >= 4 is 40.4 Å². The molecule has 1 heterocycles. The van der Waals surface area contributed by atoms with Gasteiger partial charge in [-0.3, -0.25) is 4.79 Å². The fourth-order valence-electron chi connectivity index (χ4n) is 1.28. The first kappa shape index (κ1) is 13.8. The number of carbonyl (C=O) groups is 1. The van der Waals surface area contributed by atoms with Crippen molar-refractivity contribution in [3.05, 3.63) is 21.9 Å². The molecule has 0 fully saturated rings. The van der Waals surface area contributed by atoms with Crippen LogP contribution < -0.4 is 5.32 Å². The molecular weight excluding hydrogens is 265 g/mol. The molecule has 0 aromatic carbocycles. The van der Waals surface area contributed by atoms with E-state index in [4.69, 9.17) is 23.2 Å². The van der Waals surface area contributed by atoms with Gasteiger partial charge in [0.25, 0.3) is 5.91 Å². The molecule has 0 aliphatic carbocycles. The van der Waals surface area contributed by atoms with Crippen molar-refractivity contribution in [2.45, 2.75) is 25.8 Å². The Bertz CT molecular complexity index is 352. The van der Waals surface area contributed by atoms with Crippen LogP contribution >= 0.6 is 34.5 Å². The zero-order valence-electron chi connectivity index (χ0n) is 9.35. The third-order valence-corrected chi connectivity index (χ3v) is 4.55. The molecule has 1 aromatic heterocycles. The van der Waals surface area contributed by atoms with Gasteiger partial charge in [-0.2, -0.15) is 11.3 Å². The molecule has 5 heteroatoms. The molecule has 1 amide bonds. The number of carbonyl (C=O) groups excluding carboxylic acids is 1. The lowest BCUT2D eigenvalue weighted by molar-refractivity contribution is 0.0913. The molecule has 2 nitrogen and oxygen atoms in total. The van der Waals surface area contributed by atoms with Gasteiger partial charge >= 0.3 is 0 Å². The van der Waals surface area contributed by atoms with E-state index in [1.165, 1.54) is 11.3 Å².